The summed E-state index contributed by atoms with van der Waals surface area (Å²) in [4.78, 5) is 0. The molecule has 0 saturated carbocycles. The molecule has 0 aliphatic heterocycles. The van der Waals surface area contributed by atoms with E-state index in [-0.39, 0.29) is 0 Å². The van der Waals surface area contributed by atoms with Crippen LogP contribution in [-0.2, 0) is 0 Å². The van der Waals surface area contributed by atoms with Crippen LogP contribution in [0.5, 0.6) is 0 Å². The second kappa shape index (κ2) is 5.11. The van der Waals surface area contributed by atoms with Gasteiger partial charge in [0.05, 0.1) is 0 Å². The first-order valence-electron chi connectivity index (χ1n) is 4.09. The Morgan fingerprint density at radius 3 is 2.00 bits per heavy atom. The van der Waals surface area contributed by atoms with Gasteiger partial charge in [-0.15, -0.1) is 0 Å². The van der Waals surface area contributed by atoms with Crippen LogP contribution in [0.25, 0.3) is 0 Å². The Hall–Kier alpha value is 1.63. The zero-order valence-electron chi connectivity index (χ0n) is 7.52. The van der Waals surface area contributed by atoms with Crippen molar-refractivity contribution in [3.63, 3.8) is 0 Å². The Balaban J connectivity index is 3.20. The van der Waals surface area contributed by atoms with Gasteiger partial charge in [-0.25, -0.2) is 0 Å². The third kappa shape index (κ3) is 3.60. The number of benzene rings is 1. The van der Waals surface area contributed by atoms with E-state index in [1.807, 2.05) is 0 Å². The van der Waals surface area contributed by atoms with Crippen LogP contribution < -0.4 is 5.19 Å². The van der Waals surface area contributed by atoms with E-state index in [9.17, 15) is 0 Å². The van der Waals surface area contributed by atoms with Gasteiger partial charge in [0.25, 0.3) is 0.564 Å². The summed E-state index contributed by atoms with van der Waals surface area (Å²) in [5.41, 5.74) is 1.52. The van der Waals surface area contributed by atoms with Gasteiger partial charge in [0, 0.05) is 0 Å². The van der Waals surface area contributed by atoms with Crippen LogP contribution in [0.4, 0.5) is 0 Å². The minimum absolute atomic E-state index is 0.641. The number of halogens is 3. The van der Waals surface area contributed by atoms with E-state index in [0.717, 1.165) is 0 Å². The topological polar surface area (TPSA) is 0 Å². The predicted octanol–water partition coefficient (Wildman–Crippen LogP) is 4.26. The molecule has 0 aliphatic carbocycles. The average Bonchev–Trinajstić information content (AvgIpc) is 2.03. The quantitative estimate of drug-likeness (QED) is 0.306. The summed E-state index contributed by atoms with van der Waals surface area (Å²) >= 11 is 7.84. The summed E-state index contributed by atoms with van der Waals surface area (Å²) < 4.78 is -1.23. The lowest BCUT2D eigenvalue weighted by molar-refractivity contribution is 0.873. The lowest BCUT2D eigenvalue weighted by Crippen LogP contribution is -2.31. The maximum atomic E-state index is 2.61. The van der Waals surface area contributed by atoms with Gasteiger partial charge >= 0.3 is 0 Å². The fourth-order valence-corrected chi connectivity index (χ4v) is 6.66. The fraction of sp³-hybridized carbons (Fsp3) is 0.333. The van der Waals surface area contributed by atoms with E-state index in [2.05, 4.69) is 104 Å². The molecule has 72 valence electrons. The van der Waals surface area contributed by atoms with Gasteiger partial charge in [-0.3, -0.25) is 0 Å². The monoisotopic (exact) mass is 528 g/mol. The summed E-state index contributed by atoms with van der Waals surface area (Å²) in [6, 6.07) is 8.84. The predicted molar refractivity (Wildman–Crippen MR) is 88.0 cm³/mol. The molecule has 0 unspecified atom stereocenters. The molecule has 0 radical (unpaired) electrons. The Kier molecular flexibility index (Phi) is 4.99. The van der Waals surface area contributed by atoms with E-state index in [4.69, 9.17) is 0 Å². The molecule has 0 saturated heterocycles. The van der Waals surface area contributed by atoms with Gasteiger partial charge in [0.2, 0.25) is 0 Å². The van der Waals surface area contributed by atoms with Gasteiger partial charge in [0.1, 0.15) is 0 Å². The molecular weight excluding hydrogens is 517 g/mol. The second-order valence-electron chi connectivity index (χ2n) is 3.24. The smallest absolute Gasteiger partial charge is 0.0854 e. The molecule has 4 heteroatoms. The van der Waals surface area contributed by atoms with Crippen molar-refractivity contribution in [2.45, 2.75) is 19.8 Å². The summed E-state index contributed by atoms with van der Waals surface area (Å²) in [6.45, 7) is 4.53. The SMILES string of the molecule is CC(C)c1ccccc1[Si](I)(I)I. The number of hydrogen-bond acceptors (Lipinski definition) is 0. The summed E-state index contributed by atoms with van der Waals surface area (Å²) in [6.07, 6.45) is 0. The number of rotatable bonds is 2. The molecule has 0 bridgehead atoms. The van der Waals surface area contributed by atoms with Crippen LogP contribution in [0.3, 0.4) is 0 Å². The first-order valence-corrected chi connectivity index (χ1v) is 15.4. The van der Waals surface area contributed by atoms with Crippen molar-refractivity contribution < 1.29 is 0 Å². The van der Waals surface area contributed by atoms with E-state index in [1.54, 1.807) is 5.19 Å². The Morgan fingerprint density at radius 2 is 1.62 bits per heavy atom. The molecule has 0 atom stereocenters. The van der Waals surface area contributed by atoms with Gasteiger partial charge in [0.15, 0.2) is 0 Å². The highest BCUT2D eigenvalue weighted by atomic mass is 127. The van der Waals surface area contributed by atoms with Crippen LogP contribution in [0, 0.1) is 0 Å². The van der Waals surface area contributed by atoms with Crippen LogP contribution in [0.2, 0.25) is 0 Å². The zero-order chi connectivity index (χ0) is 10.1. The lowest BCUT2D eigenvalue weighted by Gasteiger charge is -2.17. The van der Waals surface area contributed by atoms with Crippen LogP contribution in [0.1, 0.15) is 25.3 Å². The fourth-order valence-electron chi connectivity index (χ4n) is 1.26. The van der Waals surface area contributed by atoms with E-state index in [0.29, 0.717) is 5.92 Å². The first-order chi connectivity index (χ1) is 5.93. The summed E-state index contributed by atoms with van der Waals surface area (Å²) in [5, 5.41) is 1.58. The molecule has 0 aromatic heterocycles. The van der Waals surface area contributed by atoms with Crippen molar-refractivity contribution in [3.8, 4) is 0 Å². The van der Waals surface area contributed by atoms with Crippen molar-refractivity contribution >= 4 is 71.1 Å². The maximum absolute atomic E-state index is 2.61. The van der Waals surface area contributed by atoms with E-state index < -0.39 is 0.564 Å². The Bertz CT molecular complexity index is 291. The van der Waals surface area contributed by atoms with E-state index >= 15 is 0 Å². The molecule has 0 nitrogen and oxygen atoms in total. The summed E-state index contributed by atoms with van der Waals surface area (Å²) in [7, 11) is 0. The molecule has 0 amide bonds. The molecule has 0 heterocycles. The molecule has 0 N–H and O–H groups in total. The Labute approximate surface area is 119 Å². The van der Waals surface area contributed by atoms with Crippen LogP contribution >= 0.6 is 65.4 Å². The Morgan fingerprint density at radius 1 is 1.08 bits per heavy atom. The van der Waals surface area contributed by atoms with Crippen molar-refractivity contribution in [1.82, 2.24) is 0 Å². The molecule has 0 fully saturated rings. The molecule has 1 rings (SSSR count). The van der Waals surface area contributed by atoms with Gasteiger partial charge < -0.3 is 0 Å². The third-order valence-electron chi connectivity index (χ3n) is 1.89. The molecule has 0 spiro atoms. The summed E-state index contributed by atoms with van der Waals surface area (Å²) in [5.74, 6) is 0.641. The largest absolute Gasteiger partial charge is 0.283 e. The van der Waals surface area contributed by atoms with Crippen molar-refractivity contribution in [3.05, 3.63) is 29.8 Å². The van der Waals surface area contributed by atoms with Crippen LogP contribution in [-0.4, -0.2) is 0.564 Å². The molecule has 1 aromatic rings. The third-order valence-corrected chi connectivity index (χ3v) is 8.18. The van der Waals surface area contributed by atoms with Crippen molar-refractivity contribution in [2.75, 3.05) is 0 Å². The van der Waals surface area contributed by atoms with Crippen molar-refractivity contribution in [1.29, 1.82) is 0 Å². The first kappa shape index (κ1) is 12.7. The van der Waals surface area contributed by atoms with Gasteiger partial charge in [-0.2, -0.15) is 0 Å². The normalized spacial score (nSPS) is 12.2. The molecule has 1 aromatic carbocycles. The maximum Gasteiger partial charge on any atom is 0.283 e. The molecule has 13 heavy (non-hydrogen) atoms. The average molecular weight is 528 g/mol. The zero-order valence-corrected chi connectivity index (χ0v) is 15.0. The molecular formula is C9H11I3Si. The standard InChI is InChI=1S/C9H11I3Si/c1-7(2)8-5-3-4-6-9(8)13(10,11)12/h3-7H,1-2H3. The highest BCUT2D eigenvalue weighted by molar-refractivity contribution is 14.4. The van der Waals surface area contributed by atoms with Gasteiger partial charge in [-0.1, -0.05) is 104 Å². The van der Waals surface area contributed by atoms with E-state index in [1.165, 1.54) is 5.56 Å². The highest BCUT2D eigenvalue weighted by Gasteiger charge is 2.27. The lowest BCUT2D eigenvalue weighted by atomic mass is 10.0. The highest BCUT2D eigenvalue weighted by Crippen LogP contribution is 2.31. The van der Waals surface area contributed by atoms with Crippen LogP contribution in [0.15, 0.2) is 24.3 Å². The van der Waals surface area contributed by atoms with Crippen molar-refractivity contribution in [2.24, 2.45) is 0 Å². The van der Waals surface area contributed by atoms with Gasteiger partial charge in [-0.05, 0) is 16.7 Å². The minimum Gasteiger partial charge on any atom is -0.0854 e. The molecule has 0 aliphatic rings. The minimum atomic E-state index is -1.23. The number of hydrogen-bond donors (Lipinski definition) is 0. The second-order valence-corrected chi connectivity index (χ2v) is 37.9.